The summed E-state index contributed by atoms with van der Waals surface area (Å²) in [6.45, 7) is 7.42. The lowest BCUT2D eigenvalue weighted by Gasteiger charge is -2.13. The Kier molecular flexibility index (Phi) is 5.26. The van der Waals surface area contributed by atoms with E-state index in [1.807, 2.05) is 30.8 Å². The zero-order chi connectivity index (χ0) is 11.3. The first-order valence-corrected chi connectivity index (χ1v) is 6.74. The predicted molar refractivity (Wildman–Crippen MR) is 67.5 cm³/mol. The van der Waals surface area contributed by atoms with Crippen molar-refractivity contribution in [2.75, 3.05) is 12.8 Å². The van der Waals surface area contributed by atoms with Crippen LogP contribution in [0.1, 0.15) is 37.8 Å². The van der Waals surface area contributed by atoms with E-state index in [9.17, 15) is 0 Å². The van der Waals surface area contributed by atoms with Crippen LogP contribution < -0.4 is 5.32 Å². The lowest BCUT2D eigenvalue weighted by molar-refractivity contribution is 0.415. The highest BCUT2D eigenvalue weighted by Gasteiger charge is 2.08. The molecule has 2 atom stereocenters. The zero-order valence-electron chi connectivity index (χ0n) is 10.0. The highest BCUT2D eigenvalue weighted by atomic mass is 32.2. The van der Waals surface area contributed by atoms with Crippen LogP contribution in [0.3, 0.4) is 0 Å². The van der Waals surface area contributed by atoms with Gasteiger partial charge < -0.3 is 9.73 Å². The van der Waals surface area contributed by atoms with Gasteiger partial charge in [0.25, 0.3) is 0 Å². The van der Waals surface area contributed by atoms with E-state index in [4.69, 9.17) is 4.42 Å². The van der Waals surface area contributed by atoms with Gasteiger partial charge in [0.2, 0.25) is 0 Å². The number of furan rings is 1. The van der Waals surface area contributed by atoms with Gasteiger partial charge in [0.05, 0.1) is 6.04 Å². The number of rotatable bonds is 6. The van der Waals surface area contributed by atoms with Crippen molar-refractivity contribution in [3.8, 4) is 0 Å². The maximum Gasteiger partial charge on any atom is 0.120 e. The van der Waals surface area contributed by atoms with Crippen molar-refractivity contribution in [1.29, 1.82) is 0 Å². The van der Waals surface area contributed by atoms with E-state index in [2.05, 4.69) is 25.4 Å². The van der Waals surface area contributed by atoms with Crippen molar-refractivity contribution >= 4 is 11.8 Å². The van der Waals surface area contributed by atoms with Crippen molar-refractivity contribution < 1.29 is 4.42 Å². The Labute approximate surface area is 96.8 Å². The molecule has 1 heterocycles. The number of aryl methyl sites for hydroxylation is 1. The van der Waals surface area contributed by atoms with E-state index in [-0.39, 0.29) is 0 Å². The summed E-state index contributed by atoms with van der Waals surface area (Å²) in [6, 6.07) is 4.37. The van der Waals surface area contributed by atoms with Crippen LogP contribution in [0.2, 0.25) is 0 Å². The molecular formula is C12H21NOS. The minimum absolute atomic E-state index is 0.313. The van der Waals surface area contributed by atoms with Gasteiger partial charge in [-0.3, -0.25) is 0 Å². The van der Waals surface area contributed by atoms with Crippen molar-refractivity contribution in [3.05, 3.63) is 23.7 Å². The molecule has 1 rings (SSSR count). The number of hydrogen-bond donors (Lipinski definition) is 1. The first kappa shape index (κ1) is 12.7. The summed E-state index contributed by atoms with van der Waals surface area (Å²) < 4.78 is 5.56. The van der Waals surface area contributed by atoms with Crippen LogP contribution in [0.25, 0.3) is 0 Å². The second kappa shape index (κ2) is 6.23. The van der Waals surface area contributed by atoms with Gasteiger partial charge in [-0.2, -0.15) is 11.8 Å². The van der Waals surface area contributed by atoms with Crippen LogP contribution >= 0.6 is 11.8 Å². The summed E-state index contributed by atoms with van der Waals surface area (Å²) in [4.78, 5) is 0. The number of thioether (sulfide) groups is 1. The summed E-state index contributed by atoms with van der Waals surface area (Å²) in [5.74, 6) is 2.01. The maximum absolute atomic E-state index is 5.56. The monoisotopic (exact) mass is 227 g/mol. The van der Waals surface area contributed by atoms with Crippen LogP contribution in [0.4, 0.5) is 0 Å². The molecule has 0 saturated carbocycles. The third-order valence-corrected chi connectivity index (χ3v) is 3.63. The topological polar surface area (TPSA) is 25.2 Å². The Morgan fingerprint density at radius 1 is 1.40 bits per heavy atom. The smallest absolute Gasteiger partial charge is 0.120 e. The van der Waals surface area contributed by atoms with E-state index >= 15 is 0 Å². The van der Waals surface area contributed by atoms with E-state index in [0.29, 0.717) is 6.04 Å². The number of hydrogen-bond acceptors (Lipinski definition) is 3. The van der Waals surface area contributed by atoms with Crippen molar-refractivity contribution in [1.82, 2.24) is 5.32 Å². The molecule has 0 bridgehead atoms. The molecule has 0 fully saturated rings. The summed E-state index contributed by atoms with van der Waals surface area (Å²) in [5, 5.41) is 4.20. The van der Waals surface area contributed by atoms with Gasteiger partial charge in [0.15, 0.2) is 0 Å². The second-order valence-corrected chi connectivity index (χ2v) is 5.24. The molecule has 0 saturated heterocycles. The SMILES string of the molecule is CSC(C)CCNC(C)c1ccc(C)o1. The predicted octanol–water partition coefficient (Wildman–Crippen LogP) is 3.38. The van der Waals surface area contributed by atoms with Gasteiger partial charge in [0, 0.05) is 5.25 Å². The molecule has 15 heavy (non-hydrogen) atoms. The van der Waals surface area contributed by atoms with Crippen LogP contribution in [0.5, 0.6) is 0 Å². The normalized spacial score (nSPS) is 15.2. The highest BCUT2D eigenvalue weighted by molar-refractivity contribution is 7.99. The Balaban J connectivity index is 2.27. The Morgan fingerprint density at radius 3 is 2.67 bits per heavy atom. The van der Waals surface area contributed by atoms with Crippen molar-refractivity contribution in [2.45, 2.75) is 38.5 Å². The third kappa shape index (κ3) is 4.31. The minimum atomic E-state index is 0.313. The fraction of sp³-hybridized carbons (Fsp3) is 0.667. The largest absolute Gasteiger partial charge is 0.465 e. The van der Waals surface area contributed by atoms with E-state index in [1.165, 1.54) is 6.42 Å². The summed E-state index contributed by atoms with van der Waals surface area (Å²) in [7, 11) is 0. The molecular weight excluding hydrogens is 206 g/mol. The molecule has 1 aromatic heterocycles. The minimum Gasteiger partial charge on any atom is -0.465 e. The maximum atomic E-state index is 5.56. The molecule has 2 unspecified atom stereocenters. The van der Waals surface area contributed by atoms with Crippen molar-refractivity contribution in [2.24, 2.45) is 0 Å². The molecule has 86 valence electrons. The molecule has 0 aliphatic carbocycles. The molecule has 3 heteroatoms. The third-order valence-electron chi connectivity index (χ3n) is 2.59. The molecule has 0 aromatic carbocycles. The Hall–Kier alpha value is -0.410. The Morgan fingerprint density at radius 2 is 2.13 bits per heavy atom. The average molecular weight is 227 g/mol. The van der Waals surface area contributed by atoms with Crippen LogP contribution in [-0.2, 0) is 0 Å². The highest BCUT2D eigenvalue weighted by Crippen LogP contribution is 2.16. The average Bonchev–Trinajstić information content (AvgIpc) is 2.64. The van der Waals surface area contributed by atoms with E-state index < -0.39 is 0 Å². The molecule has 0 aliphatic rings. The zero-order valence-corrected chi connectivity index (χ0v) is 10.9. The first-order valence-electron chi connectivity index (χ1n) is 5.46. The summed E-state index contributed by atoms with van der Waals surface area (Å²) in [5.41, 5.74) is 0. The second-order valence-electron chi connectivity index (χ2n) is 3.96. The molecule has 0 spiro atoms. The summed E-state index contributed by atoms with van der Waals surface area (Å²) >= 11 is 1.91. The fourth-order valence-corrected chi connectivity index (χ4v) is 1.76. The van der Waals surface area contributed by atoms with Crippen LogP contribution in [0, 0.1) is 6.92 Å². The van der Waals surface area contributed by atoms with Gasteiger partial charge >= 0.3 is 0 Å². The molecule has 0 amide bonds. The summed E-state index contributed by atoms with van der Waals surface area (Å²) in [6.07, 6.45) is 3.36. The lowest BCUT2D eigenvalue weighted by Crippen LogP contribution is -2.21. The standard InChI is InChI=1S/C12H21NOS/c1-9-5-6-12(14-9)11(3)13-8-7-10(2)15-4/h5-6,10-11,13H,7-8H2,1-4H3. The van der Waals surface area contributed by atoms with Gasteiger partial charge in [0.1, 0.15) is 11.5 Å². The van der Waals surface area contributed by atoms with Gasteiger partial charge in [-0.1, -0.05) is 6.92 Å². The van der Waals surface area contributed by atoms with E-state index in [0.717, 1.165) is 23.3 Å². The molecule has 1 N–H and O–H groups in total. The number of nitrogens with one attached hydrogen (secondary N) is 1. The molecule has 0 aliphatic heterocycles. The van der Waals surface area contributed by atoms with Crippen LogP contribution in [0.15, 0.2) is 16.5 Å². The van der Waals surface area contributed by atoms with E-state index in [1.54, 1.807) is 0 Å². The van der Waals surface area contributed by atoms with Gasteiger partial charge in [-0.15, -0.1) is 0 Å². The van der Waals surface area contributed by atoms with Gasteiger partial charge in [-0.25, -0.2) is 0 Å². The lowest BCUT2D eigenvalue weighted by atomic mass is 10.2. The quantitative estimate of drug-likeness (QED) is 0.806. The molecule has 2 nitrogen and oxygen atoms in total. The fourth-order valence-electron chi connectivity index (χ4n) is 1.41. The first-order chi connectivity index (χ1) is 7.13. The van der Waals surface area contributed by atoms with Crippen molar-refractivity contribution in [3.63, 3.8) is 0 Å². The molecule has 1 aromatic rings. The van der Waals surface area contributed by atoms with Gasteiger partial charge in [-0.05, 0) is 45.2 Å². The Bertz CT molecular complexity index is 285. The van der Waals surface area contributed by atoms with Crippen LogP contribution in [-0.4, -0.2) is 18.1 Å². The molecule has 0 radical (unpaired) electrons.